The van der Waals surface area contributed by atoms with E-state index in [0.29, 0.717) is 23.9 Å². The molecular formula is C28H21NO4S. The van der Waals surface area contributed by atoms with Crippen molar-refractivity contribution in [1.29, 1.82) is 0 Å². The van der Waals surface area contributed by atoms with Gasteiger partial charge in [0, 0.05) is 46.3 Å². The van der Waals surface area contributed by atoms with Gasteiger partial charge in [-0.25, -0.2) is 0 Å². The molecule has 0 saturated carbocycles. The zero-order valence-corrected chi connectivity index (χ0v) is 19.0. The molecule has 0 fully saturated rings. The Balaban J connectivity index is 1.31. The summed E-state index contributed by atoms with van der Waals surface area (Å²) >= 11 is 1.68. The van der Waals surface area contributed by atoms with Crippen molar-refractivity contribution in [3.8, 4) is 23.0 Å². The van der Waals surface area contributed by atoms with Gasteiger partial charge >= 0.3 is 0 Å². The fourth-order valence-corrected chi connectivity index (χ4v) is 5.22. The molecule has 3 aromatic carbocycles. The van der Waals surface area contributed by atoms with E-state index in [0.717, 1.165) is 32.9 Å². The molecule has 6 heteroatoms. The highest BCUT2D eigenvalue weighted by atomic mass is 32.2. The second-order valence-corrected chi connectivity index (χ2v) is 9.15. The van der Waals surface area contributed by atoms with Crippen molar-refractivity contribution in [1.82, 2.24) is 4.98 Å². The first-order valence-electron chi connectivity index (χ1n) is 11.0. The maximum Gasteiger partial charge on any atom is 0.151 e. The Hall–Kier alpha value is -3.74. The molecule has 5 nitrogen and oxygen atoms in total. The number of fused-ring (bicyclic) bond motifs is 6. The van der Waals surface area contributed by atoms with Crippen LogP contribution in [0.4, 0.5) is 0 Å². The molecule has 2 aliphatic heterocycles. The van der Waals surface area contributed by atoms with E-state index in [4.69, 9.17) is 14.2 Å². The smallest absolute Gasteiger partial charge is 0.151 e. The normalized spacial score (nSPS) is 17.8. The molecule has 1 atom stereocenters. The van der Waals surface area contributed by atoms with E-state index in [2.05, 4.69) is 17.1 Å². The Labute approximate surface area is 201 Å². The van der Waals surface area contributed by atoms with E-state index in [1.165, 1.54) is 0 Å². The largest absolute Gasteiger partial charge is 0.508 e. The number of phenolic OH excluding ortho intramolecular Hbond substituents is 1. The SMILES string of the molecule is Oc1ccc2c(c1)Oc1cc(O/C=C/CSc3cccnc3)ccc1[C@@]21OCc2ccccc21. The third-order valence-corrected chi connectivity index (χ3v) is 6.95. The number of benzene rings is 3. The fourth-order valence-electron chi connectivity index (χ4n) is 4.54. The minimum atomic E-state index is -0.790. The average Bonchev–Trinajstić information content (AvgIpc) is 3.24. The van der Waals surface area contributed by atoms with Gasteiger partial charge < -0.3 is 19.3 Å². The number of nitrogens with zero attached hydrogens (tertiary/aromatic N) is 1. The predicted molar refractivity (Wildman–Crippen MR) is 130 cm³/mol. The van der Waals surface area contributed by atoms with Crippen molar-refractivity contribution in [3.63, 3.8) is 0 Å². The number of aromatic hydroxyl groups is 1. The minimum absolute atomic E-state index is 0.144. The maximum absolute atomic E-state index is 10.1. The molecule has 0 amide bonds. The van der Waals surface area contributed by atoms with Crippen LogP contribution in [0.2, 0.25) is 0 Å². The van der Waals surface area contributed by atoms with Gasteiger partial charge in [0.2, 0.25) is 0 Å². The molecule has 6 rings (SSSR count). The summed E-state index contributed by atoms with van der Waals surface area (Å²) in [5.74, 6) is 2.79. The van der Waals surface area contributed by atoms with Crippen LogP contribution in [0.1, 0.15) is 22.3 Å². The van der Waals surface area contributed by atoms with E-state index in [9.17, 15) is 5.11 Å². The van der Waals surface area contributed by atoms with E-state index in [1.54, 1.807) is 36.4 Å². The van der Waals surface area contributed by atoms with Crippen molar-refractivity contribution in [2.75, 3.05) is 5.75 Å². The van der Waals surface area contributed by atoms with Gasteiger partial charge in [0.25, 0.3) is 0 Å². The third-order valence-electron chi connectivity index (χ3n) is 6.02. The Kier molecular flexibility index (Phi) is 5.24. The molecule has 1 aromatic heterocycles. The molecule has 2 aliphatic rings. The van der Waals surface area contributed by atoms with E-state index in [1.807, 2.05) is 60.8 Å². The first kappa shape index (κ1) is 20.8. The zero-order chi connectivity index (χ0) is 23.0. The molecule has 0 bridgehead atoms. The lowest BCUT2D eigenvalue weighted by Gasteiger charge is -2.37. The quantitative estimate of drug-likeness (QED) is 0.271. The molecular weight excluding hydrogens is 446 g/mol. The number of thioether (sulfide) groups is 1. The van der Waals surface area contributed by atoms with Crippen LogP contribution < -0.4 is 9.47 Å². The third kappa shape index (κ3) is 3.52. The van der Waals surface area contributed by atoms with Crippen molar-refractivity contribution >= 4 is 11.8 Å². The Morgan fingerprint density at radius 1 is 0.971 bits per heavy atom. The van der Waals surface area contributed by atoms with E-state index < -0.39 is 5.60 Å². The van der Waals surface area contributed by atoms with Crippen LogP contribution in [-0.2, 0) is 16.9 Å². The Morgan fingerprint density at radius 2 is 1.82 bits per heavy atom. The molecule has 0 aliphatic carbocycles. The van der Waals surface area contributed by atoms with Crippen LogP contribution in [0.25, 0.3) is 0 Å². The van der Waals surface area contributed by atoms with Gasteiger partial charge in [-0.3, -0.25) is 4.98 Å². The monoisotopic (exact) mass is 467 g/mol. The number of rotatable bonds is 5. The van der Waals surface area contributed by atoms with Crippen molar-refractivity contribution < 1.29 is 19.3 Å². The highest BCUT2D eigenvalue weighted by molar-refractivity contribution is 7.99. The summed E-state index contributed by atoms with van der Waals surface area (Å²) < 4.78 is 18.6. The number of pyridine rings is 1. The van der Waals surface area contributed by atoms with Crippen LogP contribution in [0.5, 0.6) is 23.0 Å². The van der Waals surface area contributed by atoms with Crippen molar-refractivity contribution in [2.45, 2.75) is 17.1 Å². The van der Waals surface area contributed by atoms with Gasteiger partial charge in [0.1, 0.15) is 23.0 Å². The summed E-state index contributed by atoms with van der Waals surface area (Å²) in [6.07, 6.45) is 7.25. The van der Waals surface area contributed by atoms with Gasteiger partial charge in [-0.1, -0.05) is 24.3 Å². The molecule has 0 radical (unpaired) electrons. The molecule has 3 heterocycles. The minimum Gasteiger partial charge on any atom is -0.508 e. The van der Waals surface area contributed by atoms with Crippen LogP contribution in [0.3, 0.4) is 0 Å². The standard InChI is InChI=1S/C28H21NO4S/c30-20-8-10-24-26(15-20)33-27-16-21(31-13-4-14-34-22-6-3-12-29-17-22)9-11-25(27)28(24)23-7-2-1-5-19(23)18-32-28/h1-13,15-17,30H,14,18H2/b13-4+/t28-/m0/s1. The highest BCUT2D eigenvalue weighted by Crippen LogP contribution is 2.56. The van der Waals surface area contributed by atoms with Crippen molar-refractivity contribution in [3.05, 3.63) is 120 Å². The number of hydrogen-bond donors (Lipinski definition) is 1. The lowest BCUT2D eigenvalue weighted by Crippen LogP contribution is -2.32. The Bertz CT molecular complexity index is 1390. The van der Waals surface area contributed by atoms with Gasteiger partial charge in [-0.15, -0.1) is 11.8 Å². The van der Waals surface area contributed by atoms with Crippen LogP contribution in [0.15, 0.2) is 102 Å². The molecule has 34 heavy (non-hydrogen) atoms. The summed E-state index contributed by atoms with van der Waals surface area (Å²) in [5.41, 5.74) is 3.24. The summed E-state index contributed by atoms with van der Waals surface area (Å²) in [6, 6.07) is 23.2. The highest BCUT2D eigenvalue weighted by Gasteiger charge is 2.49. The average molecular weight is 468 g/mol. The Morgan fingerprint density at radius 3 is 2.71 bits per heavy atom. The van der Waals surface area contributed by atoms with Gasteiger partial charge in [0.05, 0.1) is 12.9 Å². The number of ether oxygens (including phenoxy) is 3. The number of hydrogen-bond acceptors (Lipinski definition) is 6. The molecule has 1 spiro atoms. The molecule has 0 unspecified atom stereocenters. The molecule has 168 valence electrons. The second kappa shape index (κ2) is 8.56. The number of aromatic nitrogens is 1. The van der Waals surface area contributed by atoms with Crippen molar-refractivity contribution in [2.24, 2.45) is 0 Å². The summed E-state index contributed by atoms with van der Waals surface area (Å²) in [5, 5.41) is 10.1. The maximum atomic E-state index is 10.1. The van der Waals surface area contributed by atoms with Crippen LogP contribution >= 0.6 is 11.8 Å². The van der Waals surface area contributed by atoms with Gasteiger partial charge in [-0.2, -0.15) is 0 Å². The molecule has 1 N–H and O–H groups in total. The number of phenols is 1. The van der Waals surface area contributed by atoms with Crippen LogP contribution in [0, 0.1) is 0 Å². The fraction of sp³-hybridized carbons (Fsp3) is 0.107. The molecule has 0 saturated heterocycles. The molecule has 4 aromatic rings. The first-order chi connectivity index (χ1) is 16.7. The summed E-state index contributed by atoms with van der Waals surface area (Å²) in [4.78, 5) is 5.23. The topological polar surface area (TPSA) is 60.8 Å². The van der Waals surface area contributed by atoms with E-state index in [-0.39, 0.29) is 5.75 Å². The predicted octanol–water partition coefficient (Wildman–Crippen LogP) is 6.40. The zero-order valence-electron chi connectivity index (χ0n) is 18.2. The summed E-state index contributed by atoms with van der Waals surface area (Å²) in [7, 11) is 0. The lowest BCUT2D eigenvalue weighted by atomic mass is 9.77. The van der Waals surface area contributed by atoms with Gasteiger partial charge in [0.15, 0.2) is 5.60 Å². The van der Waals surface area contributed by atoms with E-state index >= 15 is 0 Å². The first-order valence-corrected chi connectivity index (χ1v) is 12.0. The second-order valence-electron chi connectivity index (χ2n) is 8.06. The van der Waals surface area contributed by atoms with Gasteiger partial charge in [-0.05, 0) is 53.6 Å². The lowest BCUT2D eigenvalue weighted by molar-refractivity contribution is 0.0198. The van der Waals surface area contributed by atoms with Crippen LogP contribution in [-0.4, -0.2) is 15.8 Å². The summed E-state index contributed by atoms with van der Waals surface area (Å²) in [6.45, 7) is 0.505.